The normalized spacial score (nSPS) is 12.2. The minimum atomic E-state index is -0.113. The van der Waals surface area contributed by atoms with Crippen LogP contribution < -0.4 is 5.32 Å². The number of nitrogens with one attached hydrogen (secondary N) is 1. The minimum Gasteiger partial charge on any atom is -0.380 e. The quantitative estimate of drug-likeness (QED) is 0.773. The molecule has 1 rings (SSSR count). The molecule has 1 aromatic rings. The summed E-state index contributed by atoms with van der Waals surface area (Å²) >= 11 is 4.24. The van der Waals surface area contributed by atoms with Crippen molar-refractivity contribution in [3.8, 4) is 0 Å². The van der Waals surface area contributed by atoms with Gasteiger partial charge in [-0.3, -0.25) is 4.79 Å². The van der Waals surface area contributed by atoms with Crippen molar-refractivity contribution in [2.45, 2.75) is 24.8 Å². The highest BCUT2D eigenvalue weighted by molar-refractivity contribution is 7.80. The van der Waals surface area contributed by atoms with Crippen molar-refractivity contribution in [1.82, 2.24) is 5.32 Å². The number of benzene rings is 1. The highest BCUT2D eigenvalue weighted by atomic mass is 32.1. The zero-order chi connectivity index (χ0) is 12.0. The molecule has 0 saturated carbocycles. The van der Waals surface area contributed by atoms with E-state index in [1.54, 1.807) is 12.1 Å². The summed E-state index contributed by atoms with van der Waals surface area (Å²) < 4.78 is 5.23. The molecule has 1 atom stereocenters. The second kappa shape index (κ2) is 6.55. The van der Waals surface area contributed by atoms with Crippen LogP contribution in [0.3, 0.4) is 0 Å². The number of thiol groups is 1. The van der Waals surface area contributed by atoms with E-state index in [2.05, 4.69) is 17.9 Å². The molecule has 1 amide bonds. The lowest BCUT2D eigenvalue weighted by Gasteiger charge is -2.14. The van der Waals surface area contributed by atoms with Gasteiger partial charge in [-0.15, -0.1) is 12.6 Å². The van der Waals surface area contributed by atoms with E-state index in [4.69, 9.17) is 4.74 Å². The number of hydrogen-bond donors (Lipinski definition) is 2. The third kappa shape index (κ3) is 3.87. The smallest absolute Gasteiger partial charge is 0.252 e. The van der Waals surface area contributed by atoms with Crippen molar-refractivity contribution in [3.63, 3.8) is 0 Å². The lowest BCUT2D eigenvalue weighted by atomic mass is 10.2. The van der Waals surface area contributed by atoms with Gasteiger partial charge in [0.05, 0.1) is 12.2 Å². The van der Waals surface area contributed by atoms with Gasteiger partial charge >= 0.3 is 0 Å². The summed E-state index contributed by atoms with van der Waals surface area (Å²) in [5, 5.41) is 2.86. The van der Waals surface area contributed by atoms with Gasteiger partial charge < -0.3 is 10.1 Å². The van der Waals surface area contributed by atoms with Crippen LogP contribution in [0, 0.1) is 0 Å². The van der Waals surface area contributed by atoms with E-state index in [9.17, 15) is 4.79 Å². The fourth-order valence-electron chi connectivity index (χ4n) is 1.30. The molecule has 1 aromatic carbocycles. The molecule has 0 aromatic heterocycles. The number of carbonyl (C=O) groups is 1. The molecular formula is C12H17NO2S. The minimum absolute atomic E-state index is 0.000361. The molecule has 1 N–H and O–H groups in total. The molecule has 3 nitrogen and oxygen atoms in total. The van der Waals surface area contributed by atoms with Gasteiger partial charge in [0.2, 0.25) is 0 Å². The van der Waals surface area contributed by atoms with Gasteiger partial charge in [-0.2, -0.15) is 0 Å². The fraction of sp³-hybridized carbons (Fsp3) is 0.417. The van der Waals surface area contributed by atoms with Gasteiger partial charge in [-0.05, 0) is 26.0 Å². The largest absolute Gasteiger partial charge is 0.380 e. The average Bonchev–Trinajstić information content (AvgIpc) is 2.26. The Morgan fingerprint density at radius 1 is 1.50 bits per heavy atom. The van der Waals surface area contributed by atoms with E-state index < -0.39 is 0 Å². The van der Waals surface area contributed by atoms with Gasteiger partial charge in [0.15, 0.2) is 0 Å². The lowest BCUT2D eigenvalue weighted by molar-refractivity contribution is 0.0869. The first-order chi connectivity index (χ1) is 7.65. The van der Waals surface area contributed by atoms with Crippen LogP contribution >= 0.6 is 12.6 Å². The SMILES string of the molecule is CCOCC(C)NC(=O)c1ccccc1S. The Bertz CT molecular complexity index is 355. The second-order valence-electron chi connectivity index (χ2n) is 3.55. The molecule has 0 aliphatic carbocycles. The van der Waals surface area contributed by atoms with Gasteiger partial charge in [-0.25, -0.2) is 0 Å². The summed E-state index contributed by atoms with van der Waals surface area (Å²) in [5.41, 5.74) is 0.592. The predicted molar refractivity (Wildman–Crippen MR) is 67.1 cm³/mol. The maximum atomic E-state index is 11.8. The van der Waals surface area contributed by atoms with Crippen LogP contribution in [0.2, 0.25) is 0 Å². The van der Waals surface area contributed by atoms with Crippen LogP contribution in [0.15, 0.2) is 29.2 Å². The van der Waals surface area contributed by atoms with Crippen LogP contribution in [-0.4, -0.2) is 25.2 Å². The van der Waals surface area contributed by atoms with Crippen LogP contribution in [0.4, 0.5) is 0 Å². The van der Waals surface area contributed by atoms with Gasteiger partial charge in [0.25, 0.3) is 5.91 Å². The molecule has 0 heterocycles. The van der Waals surface area contributed by atoms with Crippen LogP contribution in [-0.2, 0) is 4.74 Å². The standard InChI is InChI=1S/C12H17NO2S/c1-3-15-8-9(2)13-12(14)10-6-4-5-7-11(10)16/h4-7,9,16H,3,8H2,1-2H3,(H,13,14). The summed E-state index contributed by atoms with van der Waals surface area (Å²) in [6.45, 7) is 5.02. The molecule has 0 radical (unpaired) electrons. The topological polar surface area (TPSA) is 38.3 Å². The second-order valence-corrected chi connectivity index (χ2v) is 4.03. The Labute approximate surface area is 102 Å². The van der Waals surface area contributed by atoms with Crippen molar-refractivity contribution < 1.29 is 9.53 Å². The zero-order valence-electron chi connectivity index (χ0n) is 9.56. The molecule has 88 valence electrons. The maximum Gasteiger partial charge on any atom is 0.252 e. The molecule has 0 fully saturated rings. The number of hydrogen-bond acceptors (Lipinski definition) is 3. The number of rotatable bonds is 5. The van der Waals surface area contributed by atoms with Gasteiger partial charge in [0.1, 0.15) is 0 Å². The summed E-state index contributed by atoms with van der Waals surface area (Å²) in [7, 11) is 0. The summed E-state index contributed by atoms with van der Waals surface area (Å²) in [6, 6.07) is 7.22. The first-order valence-electron chi connectivity index (χ1n) is 5.31. The van der Waals surface area contributed by atoms with Crippen molar-refractivity contribution in [2.75, 3.05) is 13.2 Å². The van der Waals surface area contributed by atoms with Crippen molar-refractivity contribution >= 4 is 18.5 Å². The number of carbonyl (C=O) groups excluding carboxylic acids is 1. The van der Waals surface area contributed by atoms with Crippen molar-refractivity contribution in [3.05, 3.63) is 29.8 Å². The van der Waals surface area contributed by atoms with E-state index in [0.717, 1.165) is 0 Å². The Morgan fingerprint density at radius 2 is 2.19 bits per heavy atom. The summed E-state index contributed by atoms with van der Waals surface area (Å²) in [5.74, 6) is -0.113. The predicted octanol–water partition coefficient (Wildman–Crippen LogP) is 2.13. The highest BCUT2D eigenvalue weighted by Gasteiger charge is 2.11. The third-order valence-electron chi connectivity index (χ3n) is 2.10. The Balaban J connectivity index is 2.56. The first kappa shape index (κ1) is 13.1. The van der Waals surface area contributed by atoms with Crippen molar-refractivity contribution in [2.24, 2.45) is 0 Å². The Hall–Kier alpha value is -1.00. The van der Waals surface area contributed by atoms with E-state index in [-0.39, 0.29) is 11.9 Å². The van der Waals surface area contributed by atoms with Crippen LogP contribution in [0.1, 0.15) is 24.2 Å². The summed E-state index contributed by atoms with van der Waals surface area (Å²) in [4.78, 5) is 12.5. The number of ether oxygens (including phenoxy) is 1. The van der Waals surface area contributed by atoms with Crippen molar-refractivity contribution in [1.29, 1.82) is 0 Å². The highest BCUT2D eigenvalue weighted by Crippen LogP contribution is 2.12. The zero-order valence-corrected chi connectivity index (χ0v) is 10.5. The maximum absolute atomic E-state index is 11.8. The first-order valence-corrected chi connectivity index (χ1v) is 5.76. The molecule has 0 spiro atoms. The van der Waals surface area contributed by atoms with Gasteiger partial charge in [0, 0.05) is 17.5 Å². The van der Waals surface area contributed by atoms with Gasteiger partial charge in [-0.1, -0.05) is 12.1 Å². The molecule has 1 unspecified atom stereocenters. The third-order valence-corrected chi connectivity index (χ3v) is 2.49. The lowest BCUT2D eigenvalue weighted by Crippen LogP contribution is -2.36. The Kier molecular flexibility index (Phi) is 5.35. The Morgan fingerprint density at radius 3 is 2.81 bits per heavy atom. The monoisotopic (exact) mass is 239 g/mol. The molecule has 16 heavy (non-hydrogen) atoms. The molecule has 0 aliphatic heterocycles. The van der Waals surface area contributed by atoms with E-state index in [1.165, 1.54) is 0 Å². The molecule has 4 heteroatoms. The fourth-order valence-corrected chi connectivity index (χ4v) is 1.57. The van der Waals surface area contributed by atoms with E-state index in [0.29, 0.717) is 23.7 Å². The molecule has 0 aliphatic rings. The number of amides is 1. The van der Waals surface area contributed by atoms with Crippen LogP contribution in [0.5, 0.6) is 0 Å². The molecule has 0 saturated heterocycles. The molecular weight excluding hydrogens is 222 g/mol. The van der Waals surface area contributed by atoms with Crippen LogP contribution in [0.25, 0.3) is 0 Å². The average molecular weight is 239 g/mol. The molecule has 0 bridgehead atoms. The van der Waals surface area contributed by atoms with E-state index in [1.807, 2.05) is 26.0 Å². The summed E-state index contributed by atoms with van der Waals surface area (Å²) in [6.07, 6.45) is 0. The van der Waals surface area contributed by atoms with E-state index >= 15 is 0 Å².